The van der Waals surface area contributed by atoms with Crippen molar-refractivity contribution in [3.05, 3.63) is 0 Å². The molecule has 0 aromatic rings. The summed E-state index contributed by atoms with van der Waals surface area (Å²) in [4.78, 5) is 3.99. The molecule has 0 aliphatic carbocycles. The highest BCUT2D eigenvalue weighted by atomic mass is 14.6. The molecular formula is C9H19N. The van der Waals surface area contributed by atoms with E-state index in [9.17, 15) is 0 Å². The van der Waals surface area contributed by atoms with E-state index in [1.54, 1.807) is 0 Å². The van der Waals surface area contributed by atoms with Gasteiger partial charge in [-0.3, -0.25) is 0 Å². The Balaban J connectivity index is 3.13. The van der Waals surface area contributed by atoms with Crippen molar-refractivity contribution in [2.24, 2.45) is 10.9 Å². The zero-order valence-corrected chi connectivity index (χ0v) is 7.43. The molecule has 0 aliphatic rings. The van der Waals surface area contributed by atoms with Crippen molar-refractivity contribution in [3.8, 4) is 0 Å². The van der Waals surface area contributed by atoms with Crippen LogP contribution in [0.2, 0.25) is 0 Å². The minimum atomic E-state index is 0.677. The van der Waals surface area contributed by atoms with Crippen molar-refractivity contribution in [1.82, 2.24) is 0 Å². The van der Waals surface area contributed by atoms with E-state index in [1.165, 1.54) is 25.7 Å². The molecule has 0 N–H and O–H groups in total. The smallest absolute Gasteiger partial charge is 0.0273 e. The van der Waals surface area contributed by atoms with E-state index < -0.39 is 0 Å². The molecule has 1 atom stereocenters. The van der Waals surface area contributed by atoms with Gasteiger partial charge in [-0.25, -0.2) is 0 Å². The second kappa shape index (κ2) is 6.79. The van der Waals surface area contributed by atoms with Gasteiger partial charge in [0.05, 0.1) is 0 Å². The molecule has 0 heterocycles. The van der Waals surface area contributed by atoms with Crippen LogP contribution in [0.4, 0.5) is 0 Å². The van der Waals surface area contributed by atoms with Crippen molar-refractivity contribution in [2.45, 2.75) is 39.5 Å². The third-order valence-corrected chi connectivity index (χ3v) is 1.67. The molecular weight excluding hydrogens is 122 g/mol. The SMILES string of the molecule is CCCCCC(C)/C=N/C. The van der Waals surface area contributed by atoms with Gasteiger partial charge in [-0.15, -0.1) is 0 Å². The number of rotatable bonds is 5. The summed E-state index contributed by atoms with van der Waals surface area (Å²) in [6, 6.07) is 0. The third kappa shape index (κ3) is 5.80. The highest BCUT2D eigenvalue weighted by molar-refractivity contribution is 5.59. The molecule has 1 heteroatoms. The summed E-state index contributed by atoms with van der Waals surface area (Å²) < 4.78 is 0. The maximum absolute atomic E-state index is 3.99. The average Bonchev–Trinajstić information content (AvgIpc) is 1.89. The lowest BCUT2D eigenvalue weighted by Gasteiger charge is -2.02. The molecule has 0 aliphatic heterocycles. The molecule has 0 saturated carbocycles. The number of nitrogens with zero attached hydrogens (tertiary/aromatic N) is 1. The first kappa shape index (κ1) is 9.67. The van der Waals surface area contributed by atoms with Gasteiger partial charge in [0.15, 0.2) is 0 Å². The van der Waals surface area contributed by atoms with Gasteiger partial charge < -0.3 is 4.99 Å². The van der Waals surface area contributed by atoms with Crippen LogP contribution in [0.15, 0.2) is 4.99 Å². The molecule has 0 amide bonds. The molecule has 1 nitrogen and oxygen atoms in total. The number of hydrogen-bond donors (Lipinski definition) is 0. The normalized spacial score (nSPS) is 14.3. The predicted molar refractivity (Wildman–Crippen MR) is 47.7 cm³/mol. The number of hydrogen-bond acceptors (Lipinski definition) is 1. The Morgan fingerprint density at radius 2 is 2.10 bits per heavy atom. The van der Waals surface area contributed by atoms with Crippen LogP contribution in [-0.4, -0.2) is 13.3 Å². The van der Waals surface area contributed by atoms with E-state index in [2.05, 4.69) is 18.8 Å². The van der Waals surface area contributed by atoms with Crippen molar-refractivity contribution in [2.75, 3.05) is 7.05 Å². The summed E-state index contributed by atoms with van der Waals surface area (Å²) in [5, 5.41) is 0. The maximum Gasteiger partial charge on any atom is 0.0273 e. The van der Waals surface area contributed by atoms with Gasteiger partial charge in [0.1, 0.15) is 0 Å². The van der Waals surface area contributed by atoms with E-state index in [0.29, 0.717) is 5.92 Å². The van der Waals surface area contributed by atoms with Crippen LogP contribution in [0.25, 0.3) is 0 Å². The van der Waals surface area contributed by atoms with Gasteiger partial charge >= 0.3 is 0 Å². The fraction of sp³-hybridized carbons (Fsp3) is 0.889. The standard InChI is InChI=1S/C9H19N/c1-4-5-6-7-9(2)8-10-3/h8-9H,4-7H2,1-3H3/b10-8+. The quantitative estimate of drug-likeness (QED) is 0.412. The minimum Gasteiger partial charge on any atom is -0.301 e. The first-order chi connectivity index (χ1) is 4.81. The molecule has 0 aromatic heterocycles. The fourth-order valence-corrected chi connectivity index (χ4v) is 1.05. The summed E-state index contributed by atoms with van der Waals surface area (Å²) in [6.45, 7) is 4.46. The zero-order chi connectivity index (χ0) is 7.82. The van der Waals surface area contributed by atoms with E-state index in [4.69, 9.17) is 0 Å². The zero-order valence-electron chi connectivity index (χ0n) is 7.43. The highest BCUT2D eigenvalue weighted by Crippen LogP contribution is 2.06. The Kier molecular flexibility index (Phi) is 6.56. The molecule has 0 aromatic carbocycles. The summed E-state index contributed by atoms with van der Waals surface area (Å²) in [7, 11) is 1.84. The fourth-order valence-electron chi connectivity index (χ4n) is 1.05. The molecule has 0 saturated heterocycles. The van der Waals surface area contributed by atoms with Gasteiger partial charge in [-0.2, -0.15) is 0 Å². The van der Waals surface area contributed by atoms with Crippen molar-refractivity contribution >= 4 is 6.21 Å². The van der Waals surface area contributed by atoms with E-state index in [-0.39, 0.29) is 0 Å². The first-order valence-electron chi connectivity index (χ1n) is 4.23. The van der Waals surface area contributed by atoms with Crippen LogP contribution in [-0.2, 0) is 0 Å². The molecule has 1 unspecified atom stereocenters. The summed E-state index contributed by atoms with van der Waals surface area (Å²) >= 11 is 0. The monoisotopic (exact) mass is 141 g/mol. The minimum absolute atomic E-state index is 0.677. The van der Waals surface area contributed by atoms with Gasteiger partial charge in [0, 0.05) is 13.3 Å². The summed E-state index contributed by atoms with van der Waals surface area (Å²) in [6.07, 6.45) is 7.36. The highest BCUT2D eigenvalue weighted by Gasteiger charge is 1.95. The molecule has 10 heavy (non-hydrogen) atoms. The van der Waals surface area contributed by atoms with Crippen LogP contribution in [0.3, 0.4) is 0 Å². The molecule has 0 rings (SSSR count). The lowest BCUT2D eigenvalue weighted by molar-refractivity contribution is 0.603. The Morgan fingerprint density at radius 1 is 1.40 bits per heavy atom. The average molecular weight is 141 g/mol. The Bertz CT molecular complexity index is 86.7. The molecule has 0 bridgehead atoms. The lowest BCUT2D eigenvalue weighted by Crippen LogP contribution is -1.94. The Morgan fingerprint density at radius 3 is 2.60 bits per heavy atom. The van der Waals surface area contributed by atoms with Crippen LogP contribution in [0.5, 0.6) is 0 Å². The first-order valence-corrected chi connectivity index (χ1v) is 4.23. The number of unbranched alkanes of at least 4 members (excludes halogenated alkanes) is 2. The van der Waals surface area contributed by atoms with Gasteiger partial charge in [-0.05, 0) is 12.3 Å². The summed E-state index contributed by atoms with van der Waals surface area (Å²) in [5.74, 6) is 0.677. The molecule has 60 valence electrons. The summed E-state index contributed by atoms with van der Waals surface area (Å²) in [5.41, 5.74) is 0. The van der Waals surface area contributed by atoms with Crippen molar-refractivity contribution in [3.63, 3.8) is 0 Å². The van der Waals surface area contributed by atoms with Crippen LogP contribution < -0.4 is 0 Å². The van der Waals surface area contributed by atoms with E-state index in [1.807, 2.05) is 13.3 Å². The number of aliphatic imine (C=N–C) groups is 1. The van der Waals surface area contributed by atoms with Crippen LogP contribution >= 0.6 is 0 Å². The largest absolute Gasteiger partial charge is 0.301 e. The molecule has 0 fully saturated rings. The van der Waals surface area contributed by atoms with Gasteiger partial charge in [0.25, 0.3) is 0 Å². The van der Waals surface area contributed by atoms with Crippen LogP contribution in [0.1, 0.15) is 39.5 Å². The van der Waals surface area contributed by atoms with Crippen molar-refractivity contribution in [1.29, 1.82) is 0 Å². The van der Waals surface area contributed by atoms with Gasteiger partial charge in [0.2, 0.25) is 0 Å². The van der Waals surface area contributed by atoms with Crippen LogP contribution in [0, 0.1) is 5.92 Å². The third-order valence-electron chi connectivity index (χ3n) is 1.67. The van der Waals surface area contributed by atoms with E-state index in [0.717, 1.165) is 0 Å². The molecule has 0 spiro atoms. The topological polar surface area (TPSA) is 12.4 Å². The predicted octanol–water partition coefficient (Wildman–Crippen LogP) is 2.90. The Hall–Kier alpha value is -0.330. The maximum atomic E-state index is 3.99. The Labute approximate surface area is 64.6 Å². The van der Waals surface area contributed by atoms with Gasteiger partial charge in [-0.1, -0.05) is 33.1 Å². The lowest BCUT2D eigenvalue weighted by atomic mass is 10.1. The van der Waals surface area contributed by atoms with E-state index >= 15 is 0 Å². The second-order valence-corrected chi connectivity index (χ2v) is 2.88. The van der Waals surface area contributed by atoms with Crippen molar-refractivity contribution < 1.29 is 0 Å². The molecule has 0 radical (unpaired) electrons. The second-order valence-electron chi connectivity index (χ2n) is 2.88.